The van der Waals surface area contributed by atoms with Gasteiger partial charge in [-0.2, -0.15) is 0 Å². The molecule has 0 aromatic rings. The van der Waals surface area contributed by atoms with Crippen molar-refractivity contribution in [2.45, 2.75) is 211 Å². The molecule has 0 aromatic carbocycles. The molecule has 0 bridgehead atoms. The van der Waals surface area contributed by atoms with E-state index in [-0.39, 0.29) is 34.0 Å². The van der Waals surface area contributed by atoms with E-state index >= 15 is 0 Å². The number of ether oxygens (including phenoxy) is 6. The first-order chi connectivity index (χ1) is 31.3. The zero-order valence-corrected chi connectivity index (χ0v) is 39.8. The Morgan fingerprint density at radius 2 is 1.15 bits per heavy atom. The number of fused-ring (bicyclic) bond motifs is 7. The van der Waals surface area contributed by atoms with Gasteiger partial charge in [-0.15, -0.1) is 0 Å². The number of carboxylic acids is 1. The second-order valence-corrected chi connectivity index (χ2v) is 23.6. The summed E-state index contributed by atoms with van der Waals surface area (Å²) in [5.74, 6) is -0.979. The molecule has 7 fully saturated rings. The maximum atomic E-state index is 13.2. The third-order valence-corrected chi connectivity index (χ3v) is 19.4. The molecule has 0 radical (unpaired) electrons. The van der Waals surface area contributed by atoms with Crippen molar-refractivity contribution in [3.63, 3.8) is 0 Å². The summed E-state index contributed by atoms with van der Waals surface area (Å²) in [4.78, 5) is 13.2. The van der Waals surface area contributed by atoms with Gasteiger partial charge in [0.2, 0.25) is 0 Å². The lowest BCUT2D eigenvalue weighted by Crippen LogP contribution is -2.69. The molecule has 5 aliphatic carbocycles. The Labute approximate surface area is 392 Å². The van der Waals surface area contributed by atoms with Crippen LogP contribution in [0.25, 0.3) is 0 Å². The van der Waals surface area contributed by atoms with Gasteiger partial charge in [-0.1, -0.05) is 60.1 Å². The first kappa shape index (κ1) is 51.9. The van der Waals surface area contributed by atoms with Crippen molar-refractivity contribution in [3.8, 4) is 0 Å². The largest absolute Gasteiger partial charge is 0.481 e. The summed E-state index contributed by atoms with van der Waals surface area (Å²) >= 11 is 0. The fraction of sp³-hybridized carbons (Fsp3) is 0.938. The topological polar surface area (TPSA) is 315 Å². The number of aliphatic hydroxyl groups is 11. The summed E-state index contributed by atoms with van der Waals surface area (Å²) in [6, 6.07) is 0. The lowest BCUT2D eigenvalue weighted by Gasteiger charge is -2.71. The number of hydrogen-bond donors (Lipinski definition) is 12. The number of aliphatic carboxylic acids is 1. The van der Waals surface area contributed by atoms with Crippen molar-refractivity contribution < 1.29 is 94.5 Å². The van der Waals surface area contributed by atoms with E-state index < -0.39 is 146 Å². The highest BCUT2D eigenvalue weighted by molar-refractivity contribution is 5.77. The van der Waals surface area contributed by atoms with Gasteiger partial charge in [-0.25, -0.2) is 0 Å². The molecular formula is C48H78O19. The van der Waals surface area contributed by atoms with Crippen LogP contribution in [0.15, 0.2) is 11.6 Å². The van der Waals surface area contributed by atoms with Crippen molar-refractivity contribution in [1.29, 1.82) is 0 Å². The summed E-state index contributed by atoms with van der Waals surface area (Å²) in [5.41, 5.74) is -1.70. The third-order valence-electron chi connectivity index (χ3n) is 19.4. The lowest BCUT2D eigenvalue weighted by atomic mass is 9.33. The summed E-state index contributed by atoms with van der Waals surface area (Å²) in [6.45, 7) is 13.3. The van der Waals surface area contributed by atoms with Crippen molar-refractivity contribution in [3.05, 3.63) is 11.6 Å². The van der Waals surface area contributed by atoms with Gasteiger partial charge in [0.1, 0.15) is 78.7 Å². The SMILES string of the molecule is CC1(C)CC[C@]2(C(=O)O)[C@H](O)C[C@]3(C)C(=CC[C@H]4[C@@]5(C)CC[C@H](O[C@@H]6O[C@H](CO)[C@@H](O)[C@H](O[C@@H]7O[C@H](CO)[C@@H](O)[C@H](O)[C@H]7O)[C@H]6O[C@@H]6O[C@H](CO)[C@@H](O)[C@H](O)[C@H]6O)C(C)(C)[C@H]5CC[C@]43C)[C@@H]2C1. The van der Waals surface area contributed by atoms with E-state index in [4.69, 9.17) is 28.4 Å². The fourth-order valence-corrected chi connectivity index (χ4v) is 15.2. The van der Waals surface area contributed by atoms with Crippen LogP contribution in [0.3, 0.4) is 0 Å². The van der Waals surface area contributed by atoms with E-state index in [1.165, 1.54) is 5.57 Å². The molecule has 19 heteroatoms. The number of carbonyl (C=O) groups is 1. The first-order valence-corrected chi connectivity index (χ1v) is 24.4. The van der Waals surface area contributed by atoms with Gasteiger partial charge in [0.25, 0.3) is 0 Å². The number of hydrogen-bond acceptors (Lipinski definition) is 18. The molecule has 0 aromatic heterocycles. The first-order valence-electron chi connectivity index (χ1n) is 24.4. The van der Waals surface area contributed by atoms with Crippen molar-refractivity contribution >= 4 is 5.97 Å². The monoisotopic (exact) mass is 959 g/mol. The molecule has 3 heterocycles. The van der Waals surface area contributed by atoms with Gasteiger partial charge < -0.3 is 89.7 Å². The number of aliphatic hydroxyl groups excluding tert-OH is 11. The molecule has 0 spiro atoms. The van der Waals surface area contributed by atoms with Crippen molar-refractivity contribution in [2.75, 3.05) is 19.8 Å². The highest BCUT2D eigenvalue weighted by Gasteiger charge is 2.72. The Balaban J connectivity index is 1.10. The van der Waals surface area contributed by atoms with Crippen LogP contribution in [0.2, 0.25) is 0 Å². The molecule has 384 valence electrons. The quantitative estimate of drug-likeness (QED) is 0.0986. The molecule has 19 nitrogen and oxygen atoms in total. The van der Waals surface area contributed by atoms with Gasteiger partial charge >= 0.3 is 5.97 Å². The maximum Gasteiger partial charge on any atom is 0.312 e. The molecule has 12 N–H and O–H groups in total. The molecule has 3 saturated heterocycles. The molecule has 24 atom stereocenters. The smallest absolute Gasteiger partial charge is 0.312 e. The van der Waals surface area contributed by atoms with Crippen LogP contribution in [0.5, 0.6) is 0 Å². The van der Waals surface area contributed by atoms with Crippen molar-refractivity contribution in [1.82, 2.24) is 0 Å². The predicted octanol–water partition coefficient (Wildman–Crippen LogP) is -0.323. The third kappa shape index (κ3) is 8.01. The van der Waals surface area contributed by atoms with Crippen LogP contribution in [-0.4, -0.2) is 191 Å². The number of rotatable bonds is 10. The van der Waals surface area contributed by atoms with Crippen LogP contribution in [0.1, 0.15) is 106 Å². The molecule has 3 aliphatic heterocycles. The normalized spacial score (nSPS) is 53.9. The van der Waals surface area contributed by atoms with Gasteiger partial charge in [0, 0.05) is 0 Å². The summed E-state index contributed by atoms with van der Waals surface area (Å²) in [7, 11) is 0. The van der Waals surface area contributed by atoms with E-state index in [1.54, 1.807) is 0 Å². The average molecular weight is 959 g/mol. The summed E-state index contributed by atoms with van der Waals surface area (Å²) < 4.78 is 37.0. The zero-order valence-electron chi connectivity index (χ0n) is 39.8. The van der Waals surface area contributed by atoms with Crippen LogP contribution in [0, 0.1) is 50.2 Å². The van der Waals surface area contributed by atoms with E-state index in [0.29, 0.717) is 32.1 Å². The van der Waals surface area contributed by atoms with E-state index in [0.717, 1.165) is 25.7 Å². The van der Waals surface area contributed by atoms with Crippen LogP contribution < -0.4 is 0 Å². The van der Waals surface area contributed by atoms with E-state index in [2.05, 4.69) is 54.5 Å². The molecule has 8 aliphatic rings. The molecule has 8 rings (SSSR count). The summed E-state index contributed by atoms with van der Waals surface area (Å²) in [5, 5.41) is 130. The number of carboxylic acid groups (broad SMARTS) is 1. The van der Waals surface area contributed by atoms with Crippen LogP contribution in [0.4, 0.5) is 0 Å². The summed E-state index contributed by atoms with van der Waals surface area (Å²) in [6.07, 6.45) is -18.9. The Morgan fingerprint density at radius 1 is 0.612 bits per heavy atom. The zero-order chi connectivity index (χ0) is 49.1. The second kappa shape index (κ2) is 18.2. The minimum absolute atomic E-state index is 0.0596. The predicted molar refractivity (Wildman–Crippen MR) is 232 cm³/mol. The average Bonchev–Trinajstić information content (AvgIpc) is 3.26. The minimum atomic E-state index is -1.92. The van der Waals surface area contributed by atoms with Gasteiger partial charge in [-0.3, -0.25) is 4.79 Å². The van der Waals surface area contributed by atoms with E-state index in [1.807, 2.05) is 0 Å². The van der Waals surface area contributed by atoms with Gasteiger partial charge in [0.15, 0.2) is 18.9 Å². The Kier molecular flexibility index (Phi) is 14.1. The molecule has 0 amide bonds. The van der Waals surface area contributed by atoms with Crippen molar-refractivity contribution in [2.24, 2.45) is 50.2 Å². The Bertz CT molecular complexity index is 1830. The lowest BCUT2D eigenvalue weighted by molar-refractivity contribution is -0.399. The molecular weight excluding hydrogens is 881 g/mol. The fourth-order valence-electron chi connectivity index (χ4n) is 15.2. The van der Waals surface area contributed by atoms with Gasteiger partial charge in [-0.05, 0) is 103 Å². The highest BCUT2D eigenvalue weighted by Crippen LogP contribution is 2.76. The minimum Gasteiger partial charge on any atom is -0.481 e. The Hall–Kier alpha value is -1.47. The molecule has 0 unspecified atom stereocenters. The van der Waals surface area contributed by atoms with Gasteiger partial charge in [0.05, 0.1) is 32.0 Å². The standard InChI is InChI=1S/C48H78O19/c1-43(2)14-15-48(42(60)61)22(16-43)21-8-9-27-45(5)12-11-29(44(3,4)26(45)10-13-46(27,6)47(21,7)17-28(48)52)65-41-38(67-40-36(59)34(57)31(54)24(19-50)63-40)37(32(55)25(20-51)64-41)66-39-35(58)33(56)30(53)23(18-49)62-39/h8,22-41,49-59H,9-20H2,1-7H3,(H,60,61)/t22-,23+,24+,25+,26+,27-,28+,29-,30+,31+,32+,33-,34-,35+,36+,37-,38+,39-,40-,41-,45-,46+,47+,48+/m0/s1. The van der Waals surface area contributed by atoms with Crippen LogP contribution in [-0.2, 0) is 33.2 Å². The maximum absolute atomic E-state index is 13.2. The highest BCUT2D eigenvalue weighted by atomic mass is 16.8. The van der Waals surface area contributed by atoms with Crippen LogP contribution >= 0.6 is 0 Å². The van der Waals surface area contributed by atoms with E-state index in [9.17, 15) is 66.1 Å². The molecule has 4 saturated carbocycles. The second-order valence-electron chi connectivity index (χ2n) is 23.6. The Morgan fingerprint density at radius 3 is 1.70 bits per heavy atom. The molecule has 67 heavy (non-hydrogen) atoms. The number of allylic oxidation sites excluding steroid dienone is 2.